The molecule has 0 saturated carbocycles. The van der Waals surface area contributed by atoms with Crippen LogP contribution in [0.3, 0.4) is 0 Å². The fourth-order valence-corrected chi connectivity index (χ4v) is 3.38. The summed E-state index contributed by atoms with van der Waals surface area (Å²) in [6.45, 7) is 4.98. The molecule has 2 atom stereocenters. The molecule has 1 fully saturated rings. The van der Waals surface area contributed by atoms with Gasteiger partial charge in [0.1, 0.15) is 0 Å². The van der Waals surface area contributed by atoms with Crippen LogP contribution in [0.25, 0.3) is 0 Å². The summed E-state index contributed by atoms with van der Waals surface area (Å²) in [5.74, 6) is 0.471. The lowest BCUT2D eigenvalue weighted by atomic mass is 9.94. The third-order valence-electron chi connectivity index (χ3n) is 4.52. The first-order valence-corrected chi connectivity index (χ1v) is 7.51. The number of fused-ring (bicyclic) bond motifs is 1. The fourth-order valence-electron chi connectivity index (χ4n) is 3.38. The van der Waals surface area contributed by atoms with Crippen molar-refractivity contribution in [3.63, 3.8) is 0 Å². The minimum atomic E-state index is -0.172. The monoisotopic (exact) mass is 260 g/mol. The molecule has 104 valence electrons. The average molecular weight is 260 g/mol. The Kier molecular flexibility index (Phi) is 4.16. The lowest BCUT2D eigenvalue weighted by Crippen LogP contribution is -2.34. The fraction of sp³-hybridized carbons (Fsp3) is 0.625. The van der Waals surface area contributed by atoms with E-state index in [4.69, 9.17) is 0 Å². The summed E-state index contributed by atoms with van der Waals surface area (Å²) in [5.41, 5.74) is 2.86. The molecule has 2 heterocycles. The van der Waals surface area contributed by atoms with E-state index >= 15 is 0 Å². The molecule has 0 spiro atoms. The molecule has 2 aliphatic rings. The molecule has 0 aromatic heterocycles. The molecule has 3 rings (SSSR count). The van der Waals surface area contributed by atoms with Crippen molar-refractivity contribution in [3.05, 3.63) is 35.4 Å². The van der Waals surface area contributed by atoms with E-state index in [9.17, 15) is 5.11 Å². The lowest BCUT2D eigenvalue weighted by molar-refractivity contribution is 0.0572. The van der Waals surface area contributed by atoms with Crippen molar-refractivity contribution in [2.45, 2.75) is 38.5 Å². The predicted molar refractivity (Wildman–Crippen MR) is 76.8 cm³/mol. The summed E-state index contributed by atoms with van der Waals surface area (Å²) >= 11 is 0. The number of β-amino-alcohol motifs (C(OH)–C–C–N with tert-alkyl or cyclic N) is 1. The Morgan fingerprint density at radius 1 is 1.16 bits per heavy atom. The number of benzene rings is 1. The zero-order valence-corrected chi connectivity index (χ0v) is 11.5. The van der Waals surface area contributed by atoms with Crippen LogP contribution < -0.4 is 5.32 Å². The van der Waals surface area contributed by atoms with Gasteiger partial charge in [-0.15, -0.1) is 0 Å². The van der Waals surface area contributed by atoms with E-state index < -0.39 is 0 Å². The molecule has 1 aromatic rings. The zero-order valence-electron chi connectivity index (χ0n) is 11.5. The normalized spacial score (nSPS) is 25.8. The maximum atomic E-state index is 10.5. The zero-order chi connectivity index (χ0) is 13.1. The van der Waals surface area contributed by atoms with Gasteiger partial charge in [-0.05, 0) is 49.4 Å². The highest BCUT2D eigenvalue weighted by Gasteiger charge is 2.25. The highest BCUT2D eigenvalue weighted by atomic mass is 16.3. The van der Waals surface area contributed by atoms with Gasteiger partial charge in [0.25, 0.3) is 0 Å². The van der Waals surface area contributed by atoms with Crippen molar-refractivity contribution in [2.75, 3.05) is 19.6 Å². The third-order valence-corrected chi connectivity index (χ3v) is 4.52. The average Bonchev–Trinajstić information content (AvgIpc) is 2.63. The Balaban J connectivity index is 1.55. The summed E-state index contributed by atoms with van der Waals surface area (Å²) in [6.07, 6.45) is 3.30. The standard InChI is InChI=1S/C16H24N2O/c19-16(13-6-3-8-17-9-7-13)12-18-10-14-4-1-2-5-15(14)11-18/h1-2,4-5,13,16-17,19H,3,6-12H2. The largest absolute Gasteiger partial charge is 0.392 e. The Hall–Kier alpha value is -0.900. The second-order valence-electron chi connectivity index (χ2n) is 5.95. The number of hydrogen-bond acceptors (Lipinski definition) is 3. The highest BCUT2D eigenvalue weighted by Crippen LogP contribution is 2.25. The Morgan fingerprint density at radius 3 is 2.63 bits per heavy atom. The second-order valence-corrected chi connectivity index (χ2v) is 5.95. The number of nitrogens with zero attached hydrogens (tertiary/aromatic N) is 1. The summed E-state index contributed by atoms with van der Waals surface area (Å²) in [7, 11) is 0. The molecule has 0 aliphatic carbocycles. The molecule has 0 bridgehead atoms. The Labute approximate surface area is 115 Å². The van der Waals surface area contributed by atoms with Crippen LogP contribution in [0, 0.1) is 5.92 Å². The maximum absolute atomic E-state index is 10.5. The van der Waals surface area contributed by atoms with E-state index in [1.54, 1.807) is 0 Å². The molecule has 1 saturated heterocycles. The number of aliphatic hydroxyl groups excluding tert-OH is 1. The van der Waals surface area contributed by atoms with Gasteiger partial charge in [0.2, 0.25) is 0 Å². The number of nitrogens with one attached hydrogen (secondary N) is 1. The number of hydrogen-bond donors (Lipinski definition) is 2. The van der Waals surface area contributed by atoms with Crippen LogP contribution >= 0.6 is 0 Å². The van der Waals surface area contributed by atoms with Crippen LogP contribution in [0.1, 0.15) is 30.4 Å². The van der Waals surface area contributed by atoms with Crippen LogP contribution in [-0.2, 0) is 13.1 Å². The lowest BCUT2D eigenvalue weighted by Gasteiger charge is -2.25. The van der Waals surface area contributed by atoms with Crippen molar-refractivity contribution < 1.29 is 5.11 Å². The van der Waals surface area contributed by atoms with Crippen molar-refractivity contribution in [2.24, 2.45) is 5.92 Å². The van der Waals surface area contributed by atoms with Gasteiger partial charge in [0, 0.05) is 19.6 Å². The molecule has 19 heavy (non-hydrogen) atoms. The molecule has 2 aliphatic heterocycles. The summed E-state index contributed by atoms with van der Waals surface area (Å²) < 4.78 is 0. The van der Waals surface area contributed by atoms with Crippen molar-refractivity contribution in [1.82, 2.24) is 10.2 Å². The van der Waals surface area contributed by atoms with Gasteiger partial charge in [0.15, 0.2) is 0 Å². The molecule has 3 heteroatoms. The van der Waals surface area contributed by atoms with Gasteiger partial charge in [-0.3, -0.25) is 4.90 Å². The van der Waals surface area contributed by atoms with Crippen molar-refractivity contribution >= 4 is 0 Å². The topological polar surface area (TPSA) is 35.5 Å². The SMILES string of the molecule is OC(CN1Cc2ccccc2C1)C1CCCNCC1. The number of aliphatic hydroxyl groups is 1. The molecule has 0 radical (unpaired) electrons. The minimum absolute atomic E-state index is 0.172. The van der Waals surface area contributed by atoms with Crippen LogP contribution in [0.2, 0.25) is 0 Å². The Morgan fingerprint density at radius 2 is 1.89 bits per heavy atom. The predicted octanol–water partition coefficient (Wildman–Crippen LogP) is 1.75. The van der Waals surface area contributed by atoms with Crippen LogP contribution in [0.4, 0.5) is 0 Å². The van der Waals surface area contributed by atoms with Crippen LogP contribution in [0.5, 0.6) is 0 Å². The molecule has 2 unspecified atom stereocenters. The second kappa shape index (κ2) is 6.04. The minimum Gasteiger partial charge on any atom is -0.392 e. The van der Waals surface area contributed by atoms with E-state index in [1.165, 1.54) is 17.5 Å². The maximum Gasteiger partial charge on any atom is 0.0695 e. The Bertz CT molecular complexity index is 388. The van der Waals surface area contributed by atoms with Gasteiger partial charge in [-0.25, -0.2) is 0 Å². The van der Waals surface area contributed by atoms with Gasteiger partial charge in [0.05, 0.1) is 6.10 Å². The van der Waals surface area contributed by atoms with Crippen LogP contribution in [0.15, 0.2) is 24.3 Å². The highest BCUT2D eigenvalue weighted by molar-refractivity contribution is 5.30. The molecule has 0 amide bonds. The van der Waals surface area contributed by atoms with Crippen molar-refractivity contribution in [1.29, 1.82) is 0 Å². The van der Waals surface area contributed by atoms with E-state index in [1.807, 2.05) is 0 Å². The summed E-state index contributed by atoms with van der Waals surface area (Å²) in [4.78, 5) is 2.38. The first-order valence-electron chi connectivity index (χ1n) is 7.51. The van der Waals surface area contributed by atoms with Gasteiger partial charge < -0.3 is 10.4 Å². The van der Waals surface area contributed by atoms with E-state index in [0.29, 0.717) is 5.92 Å². The molecular formula is C16H24N2O. The molecule has 2 N–H and O–H groups in total. The van der Waals surface area contributed by atoms with Crippen LogP contribution in [-0.4, -0.2) is 35.7 Å². The smallest absolute Gasteiger partial charge is 0.0695 e. The van der Waals surface area contributed by atoms with Gasteiger partial charge in [-0.1, -0.05) is 24.3 Å². The molecular weight excluding hydrogens is 236 g/mol. The van der Waals surface area contributed by atoms with Gasteiger partial charge >= 0.3 is 0 Å². The first-order chi connectivity index (χ1) is 9.33. The molecule has 3 nitrogen and oxygen atoms in total. The van der Waals surface area contributed by atoms with Crippen molar-refractivity contribution in [3.8, 4) is 0 Å². The molecule has 1 aromatic carbocycles. The van der Waals surface area contributed by atoms with E-state index in [-0.39, 0.29) is 6.10 Å². The third kappa shape index (κ3) is 3.16. The van der Waals surface area contributed by atoms with E-state index in [0.717, 1.165) is 45.6 Å². The van der Waals surface area contributed by atoms with Gasteiger partial charge in [-0.2, -0.15) is 0 Å². The first kappa shape index (κ1) is 13.1. The van der Waals surface area contributed by atoms with E-state index in [2.05, 4.69) is 34.5 Å². The summed E-state index contributed by atoms with van der Waals surface area (Å²) in [5, 5.41) is 13.9. The number of rotatable bonds is 3. The summed E-state index contributed by atoms with van der Waals surface area (Å²) in [6, 6.07) is 8.63. The quantitative estimate of drug-likeness (QED) is 0.869.